The van der Waals surface area contributed by atoms with Crippen LogP contribution in [0.4, 0.5) is 19.0 Å². The van der Waals surface area contributed by atoms with Gasteiger partial charge in [-0.1, -0.05) is 23.2 Å². The molecular formula is C31H30F3N3O5. The molecule has 42 heavy (non-hydrogen) atoms. The van der Waals surface area contributed by atoms with Gasteiger partial charge in [-0.3, -0.25) is 0 Å². The fourth-order valence-corrected chi connectivity index (χ4v) is 5.96. The molecule has 2 aliphatic heterocycles. The van der Waals surface area contributed by atoms with Crippen LogP contribution in [0, 0.1) is 11.8 Å². The number of hydrogen-bond acceptors (Lipinski definition) is 8. The number of hydrogen-bond donors (Lipinski definition) is 0. The Hall–Kier alpha value is -4.04. The van der Waals surface area contributed by atoms with Gasteiger partial charge in [-0.15, -0.1) is 13.2 Å². The Bertz CT molecular complexity index is 1480. The highest BCUT2D eigenvalue weighted by atomic mass is 19.4. The van der Waals surface area contributed by atoms with E-state index < -0.39 is 12.3 Å². The second kappa shape index (κ2) is 11.7. The Morgan fingerprint density at radius 1 is 1.10 bits per heavy atom. The Morgan fingerprint density at radius 2 is 1.86 bits per heavy atom. The standard InChI is InChI=1S/C31H30F3N3O5/c1-2-39-28(38)14-8-19-7-13-27(35-17-19)37-21-11-12-22(37)16-23(15-21)40-18-25-29(36-42-30(25)20-9-10-20)24-5-3-4-6-26(24)41-31(32,33)34/h3-7,13,17,20-23H,2,9-12,15-16,18H2,1H3/t21-,22+,23?. The predicted molar refractivity (Wildman–Crippen MR) is 145 cm³/mol. The Morgan fingerprint density at radius 3 is 2.52 bits per heavy atom. The van der Waals surface area contributed by atoms with E-state index in [9.17, 15) is 18.0 Å². The zero-order chi connectivity index (χ0) is 29.3. The minimum Gasteiger partial charge on any atom is -0.456 e. The predicted octanol–water partition coefficient (Wildman–Crippen LogP) is 6.14. The maximum Gasteiger partial charge on any atom is 0.573 e. The molecule has 1 saturated carbocycles. The molecule has 4 heterocycles. The van der Waals surface area contributed by atoms with Crippen molar-refractivity contribution >= 4 is 11.8 Å². The van der Waals surface area contributed by atoms with Crippen LogP contribution in [-0.4, -0.2) is 47.3 Å². The molecule has 1 aromatic carbocycles. The van der Waals surface area contributed by atoms with E-state index >= 15 is 0 Å². The number of piperidine rings is 1. The first kappa shape index (κ1) is 28.1. The van der Waals surface area contributed by atoms with Crippen LogP contribution in [0.1, 0.15) is 68.3 Å². The Labute approximate surface area is 241 Å². The average molecular weight is 582 g/mol. The van der Waals surface area contributed by atoms with E-state index in [0.29, 0.717) is 22.6 Å². The van der Waals surface area contributed by atoms with Crippen LogP contribution < -0.4 is 9.64 Å². The molecule has 0 amide bonds. The zero-order valence-corrected chi connectivity index (χ0v) is 23.0. The van der Waals surface area contributed by atoms with Crippen molar-refractivity contribution in [1.82, 2.24) is 10.1 Å². The van der Waals surface area contributed by atoms with E-state index in [-0.39, 0.29) is 48.6 Å². The van der Waals surface area contributed by atoms with Crippen molar-refractivity contribution in [3.63, 3.8) is 0 Å². The maximum atomic E-state index is 13.1. The Kier molecular flexibility index (Phi) is 7.82. The largest absolute Gasteiger partial charge is 0.573 e. The SMILES string of the molecule is CCOC(=O)C#Cc1ccc(N2[C@@H]3CC[C@H]2CC(OCc2c(-c4ccccc4OC(F)(F)F)noc2C2CC2)C3)nc1. The number of rotatable bonds is 8. The van der Waals surface area contributed by atoms with Crippen molar-refractivity contribution in [3.8, 4) is 28.8 Å². The topological polar surface area (TPSA) is 86.9 Å². The molecule has 0 radical (unpaired) electrons. The molecule has 11 heteroatoms. The first-order valence-electron chi connectivity index (χ1n) is 14.2. The number of alkyl halides is 3. The molecule has 6 rings (SSSR count). The van der Waals surface area contributed by atoms with Gasteiger partial charge in [-0.2, -0.15) is 0 Å². The van der Waals surface area contributed by atoms with Crippen LogP contribution in [0.25, 0.3) is 11.3 Å². The number of halogens is 3. The highest BCUT2D eigenvalue weighted by Crippen LogP contribution is 2.46. The van der Waals surface area contributed by atoms with Crippen LogP contribution >= 0.6 is 0 Å². The van der Waals surface area contributed by atoms with Gasteiger partial charge in [0.1, 0.15) is 23.0 Å². The van der Waals surface area contributed by atoms with E-state index in [2.05, 4.69) is 31.6 Å². The molecule has 220 valence electrons. The lowest BCUT2D eigenvalue weighted by atomic mass is 9.99. The van der Waals surface area contributed by atoms with E-state index in [1.165, 1.54) is 12.1 Å². The van der Waals surface area contributed by atoms with Crippen molar-refractivity contribution in [2.24, 2.45) is 0 Å². The van der Waals surface area contributed by atoms with Crippen molar-refractivity contribution < 1.29 is 36.7 Å². The maximum absolute atomic E-state index is 13.1. The van der Waals surface area contributed by atoms with Crippen LogP contribution in [0.3, 0.4) is 0 Å². The molecular weight excluding hydrogens is 551 g/mol. The molecule has 2 bridgehead atoms. The highest BCUT2D eigenvalue weighted by molar-refractivity contribution is 5.89. The summed E-state index contributed by atoms with van der Waals surface area (Å²) in [5.74, 6) is 6.09. The Balaban J connectivity index is 1.14. The second-order valence-corrected chi connectivity index (χ2v) is 10.8. The number of anilines is 1. The van der Waals surface area contributed by atoms with Crippen LogP contribution in [0.5, 0.6) is 5.75 Å². The normalized spacial score (nSPS) is 21.5. The van der Waals surface area contributed by atoms with Gasteiger partial charge in [0.15, 0.2) is 0 Å². The molecule has 3 atom stereocenters. The summed E-state index contributed by atoms with van der Waals surface area (Å²) in [4.78, 5) is 18.5. The number of esters is 1. The van der Waals surface area contributed by atoms with E-state index in [0.717, 1.165) is 44.3 Å². The number of aromatic nitrogens is 2. The van der Waals surface area contributed by atoms with Crippen molar-refractivity contribution in [2.75, 3.05) is 11.5 Å². The molecule has 2 aromatic heterocycles. The van der Waals surface area contributed by atoms with E-state index in [4.69, 9.17) is 14.0 Å². The summed E-state index contributed by atoms with van der Waals surface area (Å²) in [7, 11) is 0. The summed E-state index contributed by atoms with van der Waals surface area (Å²) < 4.78 is 60.5. The fraction of sp³-hybridized carbons (Fsp3) is 0.452. The first-order valence-corrected chi connectivity index (χ1v) is 14.2. The van der Waals surface area contributed by atoms with E-state index in [1.54, 1.807) is 25.3 Å². The number of para-hydroxylation sites is 1. The third kappa shape index (κ3) is 6.23. The summed E-state index contributed by atoms with van der Waals surface area (Å²) in [6.07, 6.45) is 2.35. The van der Waals surface area contributed by atoms with Gasteiger partial charge in [0.05, 0.1) is 19.3 Å². The number of pyridine rings is 1. The van der Waals surface area contributed by atoms with Crippen LogP contribution in [0.2, 0.25) is 0 Å². The second-order valence-electron chi connectivity index (χ2n) is 10.8. The molecule has 0 N–H and O–H groups in total. The molecule has 3 aromatic rings. The minimum absolute atomic E-state index is 0.0232. The lowest BCUT2D eigenvalue weighted by Crippen LogP contribution is -2.46. The van der Waals surface area contributed by atoms with Gasteiger partial charge in [-0.05, 0) is 69.7 Å². The number of fused-ring (bicyclic) bond motifs is 2. The van der Waals surface area contributed by atoms with Crippen molar-refractivity contribution in [1.29, 1.82) is 0 Å². The first-order chi connectivity index (χ1) is 20.3. The van der Waals surface area contributed by atoms with Crippen LogP contribution in [-0.2, 0) is 20.9 Å². The number of nitrogens with zero attached hydrogens (tertiary/aromatic N) is 3. The lowest BCUT2D eigenvalue weighted by molar-refractivity contribution is -0.274. The number of carbonyl (C=O) groups is 1. The van der Waals surface area contributed by atoms with Gasteiger partial charge in [0, 0.05) is 46.8 Å². The van der Waals surface area contributed by atoms with Gasteiger partial charge in [0.2, 0.25) is 0 Å². The molecule has 8 nitrogen and oxygen atoms in total. The van der Waals surface area contributed by atoms with Crippen LogP contribution in [0.15, 0.2) is 47.1 Å². The number of benzene rings is 1. The lowest BCUT2D eigenvalue weighted by Gasteiger charge is -2.39. The monoisotopic (exact) mass is 581 g/mol. The molecule has 3 aliphatic rings. The summed E-state index contributed by atoms with van der Waals surface area (Å²) >= 11 is 0. The summed E-state index contributed by atoms with van der Waals surface area (Å²) in [6, 6.07) is 10.3. The van der Waals surface area contributed by atoms with Crippen molar-refractivity contribution in [3.05, 3.63) is 59.5 Å². The molecule has 0 spiro atoms. The molecule has 1 aliphatic carbocycles. The van der Waals surface area contributed by atoms with Gasteiger partial charge >= 0.3 is 12.3 Å². The fourth-order valence-electron chi connectivity index (χ4n) is 5.96. The quantitative estimate of drug-likeness (QED) is 0.232. The van der Waals surface area contributed by atoms with Gasteiger partial charge in [-0.25, -0.2) is 9.78 Å². The van der Waals surface area contributed by atoms with Crippen molar-refractivity contribution in [2.45, 2.75) is 82.5 Å². The summed E-state index contributed by atoms with van der Waals surface area (Å²) in [5.41, 5.74) is 1.87. The third-order valence-corrected chi connectivity index (χ3v) is 7.88. The summed E-state index contributed by atoms with van der Waals surface area (Å²) in [6.45, 7) is 2.20. The number of carbonyl (C=O) groups excluding carboxylic acids is 1. The third-order valence-electron chi connectivity index (χ3n) is 7.88. The van der Waals surface area contributed by atoms with Gasteiger partial charge in [0.25, 0.3) is 0 Å². The molecule has 1 unspecified atom stereocenters. The minimum atomic E-state index is -4.83. The highest BCUT2D eigenvalue weighted by Gasteiger charge is 2.42. The van der Waals surface area contributed by atoms with E-state index in [1.807, 2.05) is 12.1 Å². The number of ether oxygens (including phenoxy) is 3. The summed E-state index contributed by atoms with van der Waals surface area (Å²) in [5, 5.41) is 4.18. The molecule has 3 fully saturated rings. The smallest absolute Gasteiger partial charge is 0.456 e. The average Bonchev–Trinajstić information content (AvgIpc) is 3.66. The zero-order valence-electron chi connectivity index (χ0n) is 23.0. The molecule has 2 saturated heterocycles. The van der Waals surface area contributed by atoms with Gasteiger partial charge < -0.3 is 23.6 Å².